The van der Waals surface area contributed by atoms with Crippen LogP contribution in [-0.2, 0) is 6.42 Å². The van der Waals surface area contributed by atoms with E-state index >= 15 is 0 Å². The summed E-state index contributed by atoms with van der Waals surface area (Å²) in [6.45, 7) is 6.99. The maximum absolute atomic E-state index is 13.8. The first-order valence-corrected chi connectivity index (χ1v) is 7.57. The smallest absolute Gasteiger partial charge is 0.129 e. The molecule has 0 aliphatic carbocycles. The number of hydrogen-bond donors (Lipinski definition) is 1. The van der Waals surface area contributed by atoms with E-state index < -0.39 is 11.6 Å². The third-order valence-electron chi connectivity index (χ3n) is 3.29. The molecule has 1 N–H and O–H groups in total. The fourth-order valence-corrected chi connectivity index (χ4v) is 3.53. The van der Waals surface area contributed by atoms with Gasteiger partial charge in [-0.15, -0.1) is 11.3 Å². The van der Waals surface area contributed by atoms with Crippen LogP contribution in [0.2, 0.25) is 0 Å². The average molecular weight is 295 g/mol. The van der Waals surface area contributed by atoms with Crippen LogP contribution in [0.15, 0.2) is 24.3 Å². The van der Waals surface area contributed by atoms with Gasteiger partial charge in [0.05, 0.1) is 0 Å². The van der Waals surface area contributed by atoms with Crippen molar-refractivity contribution in [2.24, 2.45) is 0 Å². The highest BCUT2D eigenvalue weighted by Crippen LogP contribution is 2.30. The Kier molecular flexibility index (Phi) is 4.89. The number of nitrogens with one attached hydrogen (secondary N) is 1. The van der Waals surface area contributed by atoms with Crippen LogP contribution in [-0.4, -0.2) is 6.54 Å². The summed E-state index contributed by atoms with van der Waals surface area (Å²) in [5.41, 5.74) is 1.77. The fraction of sp³-hybridized carbons (Fsp3) is 0.375. The van der Waals surface area contributed by atoms with Crippen LogP contribution < -0.4 is 5.32 Å². The Morgan fingerprint density at radius 1 is 1.20 bits per heavy atom. The Morgan fingerprint density at radius 2 is 1.95 bits per heavy atom. The SMILES string of the molecule is CCNC(Cc1ccc(F)cc1F)c1sc(C)cc1C. The number of aryl methyl sites for hydroxylation is 2. The van der Waals surface area contributed by atoms with E-state index in [4.69, 9.17) is 0 Å². The molecule has 1 heterocycles. The first-order valence-electron chi connectivity index (χ1n) is 6.75. The monoisotopic (exact) mass is 295 g/mol. The van der Waals surface area contributed by atoms with Gasteiger partial charge in [-0.3, -0.25) is 0 Å². The fourth-order valence-electron chi connectivity index (χ4n) is 2.42. The molecule has 1 aromatic heterocycles. The molecular formula is C16H19F2NS. The van der Waals surface area contributed by atoms with E-state index in [2.05, 4.69) is 25.2 Å². The predicted octanol–water partition coefficient (Wildman–Crippen LogP) is 4.54. The molecule has 0 aliphatic rings. The zero-order valence-corrected chi connectivity index (χ0v) is 12.8. The Bertz CT molecular complexity index is 592. The molecule has 1 atom stereocenters. The highest BCUT2D eigenvalue weighted by Gasteiger charge is 2.18. The number of benzene rings is 1. The molecular weight excluding hydrogens is 276 g/mol. The molecule has 0 amide bonds. The van der Waals surface area contributed by atoms with Gasteiger partial charge in [0.25, 0.3) is 0 Å². The van der Waals surface area contributed by atoms with Gasteiger partial charge in [0.2, 0.25) is 0 Å². The van der Waals surface area contributed by atoms with E-state index in [0.29, 0.717) is 12.0 Å². The van der Waals surface area contributed by atoms with Crippen molar-refractivity contribution in [2.75, 3.05) is 6.54 Å². The standard InChI is InChI=1S/C16H19F2NS/c1-4-19-15(16-10(2)7-11(3)20-16)8-12-5-6-13(17)9-14(12)18/h5-7,9,15,19H,4,8H2,1-3H3. The van der Waals surface area contributed by atoms with E-state index in [-0.39, 0.29) is 6.04 Å². The summed E-state index contributed by atoms with van der Waals surface area (Å²) < 4.78 is 26.8. The molecule has 108 valence electrons. The Morgan fingerprint density at radius 3 is 2.50 bits per heavy atom. The second-order valence-corrected chi connectivity index (χ2v) is 6.24. The molecule has 0 saturated heterocycles. The molecule has 0 fully saturated rings. The predicted molar refractivity (Wildman–Crippen MR) is 80.3 cm³/mol. The lowest BCUT2D eigenvalue weighted by molar-refractivity contribution is 0.525. The van der Waals surface area contributed by atoms with Crippen molar-refractivity contribution in [3.63, 3.8) is 0 Å². The lowest BCUT2D eigenvalue weighted by atomic mass is 10.0. The van der Waals surface area contributed by atoms with Gasteiger partial charge in [0, 0.05) is 21.9 Å². The molecule has 1 aromatic carbocycles. The number of rotatable bonds is 5. The summed E-state index contributed by atoms with van der Waals surface area (Å²) in [5, 5.41) is 3.39. The number of likely N-dealkylation sites (N-methyl/N-ethyl adjacent to an activating group) is 1. The Balaban J connectivity index is 2.27. The Hall–Kier alpha value is -1.26. The van der Waals surface area contributed by atoms with Crippen molar-refractivity contribution in [1.82, 2.24) is 5.32 Å². The number of thiophene rings is 1. The van der Waals surface area contributed by atoms with Crippen LogP contribution in [0.3, 0.4) is 0 Å². The van der Waals surface area contributed by atoms with Crippen LogP contribution >= 0.6 is 11.3 Å². The van der Waals surface area contributed by atoms with E-state index in [9.17, 15) is 8.78 Å². The zero-order chi connectivity index (χ0) is 14.7. The van der Waals surface area contributed by atoms with E-state index in [1.54, 1.807) is 11.3 Å². The van der Waals surface area contributed by atoms with E-state index in [1.807, 2.05) is 6.92 Å². The minimum absolute atomic E-state index is 0.0682. The van der Waals surface area contributed by atoms with Crippen LogP contribution in [0.4, 0.5) is 8.78 Å². The van der Waals surface area contributed by atoms with Crippen LogP contribution in [0.25, 0.3) is 0 Å². The first-order chi connectivity index (χ1) is 9.51. The molecule has 0 saturated carbocycles. The largest absolute Gasteiger partial charge is 0.309 e. The molecule has 0 bridgehead atoms. The zero-order valence-electron chi connectivity index (χ0n) is 12.0. The second kappa shape index (κ2) is 6.46. The lowest BCUT2D eigenvalue weighted by Crippen LogP contribution is -2.23. The third kappa shape index (κ3) is 3.44. The second-order valence-electron chi connectivity index (χ2n) is 4.95. The molecule has 20 heavy (non-hydrogen) atoms. The topological polar surface area (TPSA) is 12.0 Å². The van der Waals surface area contributed by atoms with Crippen LogP contribution in [0.5, 0.6) is 0 Å². The van der Waals surface area contributed by atoms with Gasteiger partial charge < -0.3 is 5.32 Å². The summed E-state index contributed by atoms with van der Waals surface area (Å²) in [5.74, 6) is -1.01. The minimum Gasteiger partial charge on any atom is -0.309 e. The van der Waals surface area contributed by atoms with Gasteiger partial charge in [0.15, 0.2) is 0 Å². The van der Waals surface area contributed by atoms with Crippen molar-refractivity contribution in [3.05, 3.63) is 56.8 Å². The minimum atomic E-state index is -0.533. The molecule has 4 heteroatoms. The average Bonchev–Trinajstić information content (AvgIpc) is 2.71. The van der Waals surface area contributed by atoms with Crippen molar-refractivity contribution in [1.29, 1.82) is 0 Å². The van der Waals surface area contributed by atoms with E-state index in [0.717, 1.165) is 12.6 Å². The van der Waals surface area contributed by atoms with Crippen molar-refractivity contribution in [3.8, 4) is 0 Å². The molecule has 1 unspecified atom stereocenters. The normalized spacial score (nSPS) is 12.7. The quantitative estimate of drug-likeness (QED) is 0.854. The van der Waals surface area contributed by atoms with Crippen molar-refractivity contribution < 1.29 is 8.78 Å². The van der Waals surface area contributed by atoms with Gasteiger partial charge in [-0.2, -0.15) is 0 Å². The molecule has 1 nitrogen and oxygen atoms in total. The molecule has 0 aliphatic heterocycles. The van der Waals surface area contributed by atoms with E-state index in [1.165, 1.54) is 27.5 Å². The third-order valence-corrected chi connectivity index (χ3v) is 4.55. The van der Waals surface area contributed by atoms with Gasteiger partial charge in [0.1, 0.15) is 11.6 Å². The summed E-state index contributed by atoms with van der Waals surface area (Å²) in [6.07, 6.45) is 0.529. The van der Waals surface area contributed by atoms with Gasteiger partial charge in [-0.1, -0.05) is 13.0 Å². The summed E-state index contributed by atoms with van der Waals surface area (Å²) in [6, 6.07) is 6.01. The van der Waals surface area contributed by atoms with Crippen LogP contribution in [0, 0.1) is 25.5 Å². The Labute approximate surface area is 122 Å². The molecule has 0 spiro atoms. The summed E-state index contributed by atoms with van der Waals surface area (Å²) >= 11 is 1.73. The first kappa shape index (κ1) is 15.1. The maximum atomic E-state index is 13.8. The maximum Gasteiger partial charge on any atom is 0.129 e. The van der Waals surface area contributed by atoms with Gasteiger partial charge in [-0.25, -0.2) is 8.78 Å². The highest BCUT2D eigenvalue weighted by atomic mass is 32.1. The van der Waals surface area contributed by atoms with Crippen molar-refractivity contribution >= 4 is 11.3 Å². The molecule has 2 rings (SSSR count). The lowest BCUT2D eigenvalue weighted by Gasteiger charge is -2.18. The van der Waals surface area contributed by atoms with Gasteiger partial charge >= 0.3 is 0 Å². The molecule has 2 aromatic rings. The summed E-state index contributed by atoms with van der Waals surface area (Å²) in [7, 11) is 0. The van der Waals surface area contributed by atoms with Crippen molar-refractivity contribution in [2.45, 2.75) is 33.2 Å². The number of halogens is 2. The highest BCUT2D eigenvalue weighted by molar-refractivity contribution is 7.12. The van der Waals surface area contributed by atoms with Crippen LogP contribution in [0.1, 0.15) is 33.8 Å². The summed E-state index contributed by atoms with van der Waals surface area (Å²) in [4.78, 5) is 2.48. The van der Waals surface area contributed by atoms with Gasteiger partial charge in [-0.05, 0) is 50.1 Å². The molecule has 0 radical (unpaired) electrons. The number of hydrogen-bond acceptors (Lipinski definition) is 2.